The van der Waals surface area contributed by atoms with Crippen LogP contribution in [0.5, 0.6) is 0 Å². The number of aliphatic carboxylic acids is 1. The van der Waals surface area contributed by atoms with Crippen LogP contribution in [0.25, 0.3) is 11.1 Å². The minimum Gasteiger partial charge on any atom is -0.480 e. The number of carbonyl (C=O) groups is 3. The van der Waals surface area contributed by atoms with Gasteiger partial charge in [-0.15, -0.1) is 0 Å². The van der Waals surface area contributed by atoms with Crippen LogP contribution in [-0.2, 0) is 14.3 Å². The number of hydrogen-bond acceptors (Lipinski definition) is 4. The fraction of sp³-hybridized carbons (Fsp3) is 0.318. The molecule has 1 aliphatic carbocycles. The molecule has 3 N–H and O–H groups in total. The highest BCUT2D eigenvalue weighted by molar-refractivity contribution is 5.88. The summed E-state index contributed by atoms with van der Waals surface area (Å²) in [6.07, 6.45) is -1.16. The molecule has 1 atom stereocenters. The highest BCUT2D eigenvalue weighted by Gasteiger charge is 2.41. The Bertz CT molecular complexity index is 950. The van der Waals surface area contributed by atoms with Gasteiger partial charge in [-0.2, -0.15) is 8.78 Å². The van der Waals surface area contributed by atoms with Crippen LogP contribution in [0, 0.1) is 0 Å². The molecule has 0 spiro atoms. The molecule has 0 fully saturated rings. The van der Waals surface area contributed by atoms with E-state index in [4.69, 9.17) is 9.84 Å². The summed E-state index contributed by atoms with van der Waals surface area (Å²) in [5.41, 5.74) is 4.00. The molecular formula is C22H22F2N2O5. The number of carbonyl (C=O) groups excluding carboxylic acids is 2. The number of ether oxygens (including phenoxy) is 1. The monoisotopic (exact) mass is 432 g/mol. The van der Waals surface area contributed by atoms with E-state index in [-0.39, 0.29) is 18.9 Å². The molecule has 7 nitrogen and oxygen atoms in total. The maximum Gasteiger partial charge on any atom is 0.407 e. The highest BCUT2D eigenvalue weighted by atomic mass is 19.3. The van der Waals surface area contributed by atoms with Crippen molar-refractivity contribution in [2.45, 2.75) is 31.2 Å². The number of fused-ring (bicyclic) bond motifs is 3. The van der Waals surface area contributed by atoms with Crippen molar-refractivity contribution in [3.8, 4) is 11.1 Å². The van der Waals surface area contributed by atoms with E-state index in [1.807, 2.05) is 53.8 Å². The van der Waals surface area contributed by atoms with Gasteiger partial charge in [0.2, 0.25) is 0 Å². The molecule has 0 bridgehead atoms. The molecule has 0 saturated carbocycles. The van der Waals surface area contributed by atoms with Gasteiger partial charge in [-0.25, -0.2) is 9.59 Å². The molecule has 1 unspecified atom stereocenters. The second-order valence-corrected chi connectivity index (χ2v) is 7.16. The number of rotatable bonds is 8. The second-order valence-electron chi connectivity index (χ2n) is 7.16. The third-order valence-electron chi connectivity index (χ3n) is 5.14. The third kappa shape index (κ3) is 4.82. The van der Waals surface area contributed by atoms with Gasteiger partial charge in [0.05, 0.1) is 6.54 Å². The summed E-state index contributed by atoms with van der Waals surface area (Å²) in [5.74, 6) is -7.42. The van der Waals surface area contributed by atoms with Crippen LogP contribution in [0.2, 0.25) is 0 Å². The van der Waals surface area contributed by atoms with Crippen LogP contribution in [0.4, 0.5) is 13.6 Å². The summed E-state index contributed by atoms with van der Waals surface area (Å²) < 4.78 is 33.1. The number of benzene rings is 2. The Hall–Kier alpha value is -3.49. The minimum absolute atomic E-state index is 0.0586. The third-order valence-corrected chi connectivity index (χ3v) is 5.14. The number of carboxylic acid groups (broad SMARTS) is 1. The number of carboxylic acids is 1. The van der Waals surface area contributed by atoms with Gasteiger partial charge in [0, 0.05) is 5.92 Å². The van der Waals surface area contributed by atoms with E-state index in [9.17, 15) is 23.2 Å². The van der Waals surface area contributed by atoms with Crippen LogP contribution >= 0.6 is 0 Å². The Morgan fingerprint density at radius 3 is 2.13 bits per heavy atom. The predicted molar refractivity (Wildman–Crippen MR) is 108 cm³/mol. The molecule has 0 saturated heterocycles. The number of nitrogens with one attached hydrogen (secondary N) is 2. The molecular weight excluding hydrogens is 410 g/mol. The lowest BCUT2D eigenvalue weighted by atomic mass is 9.98. The van der Waals surface area contributed by atoms with Crippen LogP contribution in [0.3, 0.4) is 0 Å². The van der Waals surface area contributed by atoms with Gasteiger partial charge in [0.1, 0.15) is 12.6 Å². The summed E-state index contributed by atoms with van der Waals surface area (Å²) in [7, 11) is 0. The topological polar surface area (TPSA) is 105 Å². The molecule has 1 aliphatic rings. The normalized spacial score (nSPS) is 13.6. The summed E-state index contributed by atoms with van der Waals surface area (Å²) in [6.45, 7) is 0.0618. The minimum atomic E-state index is -3.99. The maximum absolute atomic E-state index is 14.0. The Kier molecular flexibility index (Phi) is 6.53. The number of halogens is 2. The average Bonchev–Trinajstić information content (AvgIpc) is 3.08. The molecule has 0 aromatic heterocycles. The van der Waals surface area contributed by atoms with Crippen molar-refractivity contribution < 1.29 is 33.0 Å². The summed E-state index contributed by atoms with van der Waals surface area (Å²) >= 11 is 0. The molecule has 0 heterocycles. The van der Waals surface area contributed by atoms with E-state index in [1.54, 1.807) is 5.32 Å². The zero-order chi connectivity index (χ0) is 22.6. The van der Waals surface area contributed by atoms with Gasteiger partial charge in [0.15, 0.2) is 0 Å². The highest BCUT2D eigenvalue weighted by Crippen LogP contribution is 2.44. The molecule has 3 rings (SSSR count). The summed E-state index contributed by atoms with van der Waals surface area (Å²) in [6, 6.07) is 13.9. The smallest absolute Gasteiger partial charge is 0.407 e. The van der Waals surface area contributed by atoms with Crippen LogP contribution < -0.4 is 10.6 Å². The van der Waals surface area contributed by atoms with Crippen molar-refractivity contribution in [3.05, 3.63) is 59.7 Å². The SMILES string of the molecule is CCC(NC(=O)C(F)(F)CNC(=O)OCC1c2ccccc2-c2ccccc21)C(=O)O. The number of alkyl halides is 2. The molecule has 2 amide bonds. The first kappa shape index (κ1) is 22.2. The van der Waals surface area contributed by atoms with E-state index in [0.717, 1.165) is 22.3 Å². The van der Waals surface area contributed by atoms with Gasteiger partial charge in [-0.05, 0) is 28.7 Å². The first-order valence-electron chi connectivity index (χ1n) is 9.75. The Morgan fingerprint density at radius 1 is 1.06 bits per heavy atom. The molecule has 2 aromatic carbocycles. The van der Waals surface area contributed by atoms with Crippen LogP contribution in [0.1, 0.15) is 30.4 Å². The Labute approximate surface area is 177 Å². The van der Waals surface area contributed by atoms with Crippen LogP contribution in [-0.4, -0.2) is 48.2 Å². The first-order valence-corrected chi connectivity index (χ1v) is 9.75. The molecule has 31 heavy (non-hydrogen) atoms. The number of hydrogen-bond donors (Lipinski definition) is 3. The lowest BCUT2D eigenvalue weighted by Gasteiger charge is -2.20. The predicted octanol–water partition coefficient (Wildman–Crippen LogP) is 3.14. The second kappa shape index (κ2) is 9.11. The number of alkyl carbamates (subject to hydrolysis) is 1. The summed E-state index contributed by atoms with van der Waals surface area (Å²) in [5, 5.41) is 12.5. The molecule has 9 heteroatoms. The zero-order valence-electron chi connectivity index (χ0n) is 16.7. The molecule has 0 radical (unpaired) electrons. The van der Waals surface area contributed by atoms with E-state index in [1.165, 1.54) is 6.92 Å². The average molecular weight is 432 g/mol. The van der Waals surface area contributed by atoms with E-state index in [2.05, 4.69) is 0 Å². The van der Waals surface area contributed by atoms with Gasteiger partial charge >= 0.3 is 18.0 Å². The van der Waals surface area contributed by atoms with Crippen molar-refractivity contribution in [1.29, 1.82) is 0 Å². The van der Waals surface area contributed by atoms with Gasteiger partial charge < -0.3 is 20.5 Å². The lowest BCUT2D eigenvalue weighted by molar-refractivity contribution is -0.150. The lowest BCUT2D eigenvalue weighted by Crippen LogP contribution is -2.52. The zero-order valence-corrected chi connectivity index (χ0v) is 16.7. The maximum atomic E-state index is 14.0. The van der Waals surface area contributed by atoms with Crippen LogP contribution in [0.15, 0.2) is 48.5 Å². The van der Waals surface area contributed by atoms with Crippen molar-refractivity contribution >= 4 is 18.0 Å². The van der Waals surface area contributed by atoms with Gasteiger partial charge in [0.25, 0.3) is 5.91 Å². The van der Waals surface area contributed by atoms with Crippen molar-refractivity contribution in [3.63, 3.8) is 0 Å². The van der Waals surface area contributed by atoms with E-state index >= 15 is 0 Å². The standard InChI is InChI=1S/C22H22F2N2O5/c1-2-18(19(27)28)26-20(29)22(23,24)12-25-21(30)31-11-17-15-9-5-3-7-13(15)14-8-4-6-10-16(14)17/h3-10,17-18H,2,11-12H2,1H3,(H,25,30)(H,26,29)(H,27,28). The van der Waals surface area contributed by atoms with Crippen molar-refractivity contribution in [2.24, 2.45) is 0 Å². The van der Waals surface area contributed by atoms with Crippen molar-refractivity contribution in [2.75, 3.05) is 13.2 Å². The largest absolute Gasteiger partial charge is 0.480 e. The number of amides is 2. The summed E-state index contributed by atoms with van der Waals surface area (Å²) in [4.78, 5) is 34.6. The fourth-order valence-corrected chi connectivity index (χ4v) is 3.52. The molecule has 0 aliphatic heterocycles. The Balaban J connectivity index is 1.57. The van der Waals surface area contributed by atoms with E-state index < -0.39 is 36.5 Å². The Morgan fingerprint density at radius 2 is 1.61 bits per heavy atom. The van der Waals surface area contributed by atoms with Crippen molar-refractivity contribution in [1.82, 2.24) is 10.6 Å². The molecule has 164 valence electrons. The fourth-order valence-electron chi connectivity index (χ4n) is 3.52. The van der Waals surface area contributed by atoms with E-state index in [0.29, 0.717) is 0 Å². The van der Waals surface area contributed by atoms with Gasteiger partial charge in [-0.3, -0.25) is 4.79 Å². The quantitative estimate of drug-likeness (QED) is 0.595. The van der Waals surface area contributed by atoms with Gasteiger partial charge in [-0.1, -0.05) is 55.5 Å². The molecule has 2 aromatic rings. The first-order chi connectivity index (χ1) is 14.7.